The number of amides is 1. The highest BCUT2D eigenvalue weighted by atomic mass is 32.2. The summed E-state index contributed by atoms with van der Waals surface area (Å²) in [5.74, 6) is 0.561. The van der Waals surface area contributed by atoms with Gasteiger partial charge in [-0.25, -0.2) is 8.42 Å². The zero-order valence-corrected chi connectivity index (χ0v) is 16.3. The first-order valence-electron chi connectivity index (χ1n) is 8.56. The van der Waals surface area contributed by atoms with Crippen molar-refractivity contribution in [3.63, 3.8) is 0 Å². The fraction of sp³-hybridized carbons (Fsp3) is 0.611. The van der Waals surface area contributed by atoms with Crippen LogP contribution in [0, 0.1) is 5.92 Å². The summed E-state index contributed by atoms with van der Waals surface area (Å²) in [6.07, 6.45) is 1.40. The molecule has 1 aromatic rings. The van der Waals surface area contributed by atoms with Gasteiger partial charge in [0.05, 0.1) is 16.8 Å². The summed E-state index contributed by atoms with van der Waals surface area (Å²) in [5.41, 5.74) is 0. The second kappa shape index (κ2) is 8.39. The molecule has 0 spiro atoms. The highest BCUT2D eigenvalue weighted by molar-refractivity contribution is 8.00. The molecule has 0 unspecified atom stereocenters. The summed E-state index contributed by atoms with van der Waals surface area (Å²) >= 11 is 1.58. The maximum atomic E-state index is 13.2. The number of sulfone groups is 1. The molecule has 6 heteroatoms. The van der Waals surface area contributed by atoms with Crippen LogP contribution in [0.1, 0.15) is 33.6 Å². The third kappa shape index (κ3) is 4.99. The molecule has 0 saturated carbocycles. The van der Waals surface area contributed by atoms with E-state index in [0.29, 0.717) is 13.0 Å². The molecule has 0 radical (unpaired) electrons. The number of rotatable bonds is 7. The van der Waals surface area contributed by atoms with Crippen LogP contribution in [-0.2, 0) is 14.6 Å². The minimum atomic E-state index is -3.00. The zero-order chi connectivity index (χ0) is 17.7. The van der Waals surface area contributed by atoms with E-state index in [0.717, 1.165) is 11.3 Å². The second-order valence-corrected chi connectivity index (χ2v) is 10.1. The average Bonchev–Trinajstić information content (AvgIpc) is 2.90. The first kappa shape index (κ1) is 19.3. The Labute approximate surface area is 149 Å². The van der Waals surface area contributed by atoms with Crippen LogP contribution in [0.5, 0.6) is 0 Å². The molecule has 0 bridgehead atoms. The van der Waals surface area contributed by atoms with Gasteiger partial charge in [0.1, 0.15) is 0 Å². The van der Waals surface area contributed by atoms with E-state index < -0.39 is 9.84 Å². The number of benzene rings is 1. The molecule has 1 fully saturated rings. The smallest absolute Gasteiger partial charge is 0.236 e. The molecule has 1 amide bonds. The van der Waals surface area contributed by atoms with E-state index >= 15 is 0 Å². The van der Waals surface area contributed by atoms with Crippen LogP contribution in [-0.4, -0.2) is 48.6 Å². The van der Waals surface area contributed by atoms with Crippen LogP contribution in [0.25, 0.3) is 0 Å². The Kier molecular flexibility index (Phi) is 6.75. The highest BCUT2D eigenvalue weighted by Crippen LogP contribution is 2.31. The van der Waals surface area contributed by atoms with E-state index in [1.165, 1.54) is 0 Å². The van der Waals surface area contributed by atoms with E-state index in [2.05, 4.69) is 0 Å². The first-order chi connectivity index (χ1) is 11.3. The van der Waals surface area contributed by atoms with Gasteiger partial charge < -0.3 is 4.90 Å². The van der Waals surface area contributed by atoms with E-state index in [9.17, 15) is 13.2 Å². The molecule has 0 aliphatic carbocycles. The third-order valence-electron chi connectivity index (χ3n) is 4.25. The SMILES string of the molecule is CCCN(C(=O)[C@H](Sc1ccccc1)C(C)C)[C@H]1CCS(=O)(=O)C1. The van der Waals surface area contributed by atoms with Gasteiger partial charge >= 0.3 is 0 Å². The molecule has 2 atom stereocenters. The van der Waals surface area contributed by atoms with E-state index in [1.54, 1.807) is 11.8 Å². The monoisotopic (exact) mass is 369 g/mol. The Hall–Kier alpha value is -1.01. The second-order valence-electron chi connectivity index (χ2n) is 6.68. The summed E-state index contributed by atoms with van der Waals surface area (Å²) in [6.45, 7) is 6.75. The molecule has 1 aliphatic rings. The van der Waals surface area contributed by atoms with Gasteiger partial charge in [-0.15, -0.1) is 11.8 Å². The van der Waals surface area contributed by atoms with Crippen molar-refractivity contribution in [2.24, 2.45) is 5.92 Å². The standard InChI is InChI=1S/C18H27NO3S2/c1-4-11-19(15-10-12-24(21,22)13-15)18(20)17(14(2)3)23-16-8-6-5-7-9-16/h5-9,14-15,17H,4,10-13H2,1-3H3/t15-,17+/m0/s1. The molecule has 1 aliphatic heterocycles. The van der Waals surface area contributed by atoms with Gasteiger partial charge in [-0.2, -0.15) is 0 Å². The number of nitrogens with zero attached hydrogens (tertiary/aromatic N) is 1. The maximum absolute atomic E-state index is 13.2. The van der Waals surface area contributed by atoms with Gasteiger partial charge in [0.15, 0.2) is 9.84 Å². The van der Waals surface area contributed by atoms with Crippen LogP contribution in [0.3, 0.4) is 0 Å². The highest BCUT2D eigenvalue weighted by Gasteiger charge is 2.37. The van der Waals surface area contributed by atoms with Gasteiger partial charge in [0.2, 0.25) is 5.91 Å². The molecule has 134 valence electrons. The minimum absolute atomic E-state index is 0.0720. The molecular weight excluding hydrogens is 342 g/mol. The molecule has 24 heavy (non-hydrogen) atoms. The van der Waals surface area contributed by atoms with Crippen molar-refractivity contribution < 1.29 is 13.2 Å². The summed E-state index contributed by atoms with van der Waals surface area (Å²) in [6, 6.07) is 9.76. The molecule has 2 rings (SSSR count). The normalized spacial score (nSPS) is 20.9. The van der Waals surface area contributed by atoms with Gasteiger partial charge in [0.25, 0.3) is 0 Å². The molecule has 4 nitrogen and oxygen atoms in total. The van der Waals surface area contributed by atoms with Crippen LogP contribution < -0.4 is 0 Å². The fourth-order valence-electron chi connectivity index (χ4n) is 3.02. The lowest BCUT2D eigenvalue weighted by Crippen LogP contribution is -2.47. The number of carbonyl (C=O) groups is 1. The lowest BCUT2D eigenvalue weighted by atomic mass is 10.1. The first-order valence-corrected chi connectivity index (χ1v) is 11.3. The van der Waals surface area contributed by atoms with Crippen molar-refractivity contribution in [3.8, 4) is 0 Å². The summed E-state index contributed by atoms with van der Waals surface area (Å²) in [7, 11) is -3.00. The third-order valence-corrected chi connectivity index (χ3v) is 7.55. The van der Waals surface area contributed by atoms with Crippen molar-refractivity contribution in [1.82, 2.24) is 4.90 Å². The van der Waals surface area contributed by atoms with E-state index in [-0.39, 0.29) is 34.6 Å². The van der Waals surface area contributed by atoms with Crippen LogP contribution >= 0.6 is 11.8 Å². The van der Waals surface area contributed by atoms with Crippen LogP contribution in [0.2, 0.25) is 0 Å². The van der Waals surface area contributed by atoms with Gasteiger partial charge in [-0.1, -0.05) is 39.0 Å². The number of hydrogen-bond donors (Lipinski definition) is 0. The van der Waals surface area contributed by atoms with Crippen molar-refractivity contribution >= 4 is 27.5 Å². The average molecular weight is 370 g/mol. The van der Waals surface area contributed by atoms with Crippen LogP contribution in [0.15, 0.2) is 35.2 Å². The van der Waals surface area contributed by atoms with Crippen LogP contribution in [0.4, 0.5) is 0 Å². The Bertz CT molecular complexity index is 643. The number of hydrogen-bond acceptors (Lipinski definition) is 4. The lowest BCUT2D eigenvalue weighted by molar-refractivity contribution is -0.133. The summed E-state index contributed by atoms with van der Waals surface area (Å²) in [4.78, 5) is 16.1. The van der Waals surface area contributed by atoms with Crippen molar-refractivity contribution in [2.45, 2.75) is 49.8 Å². The number of carbonyl (C=O) groups excluding carboxylic acids is 1. The van der Waals surface area contributed by atoms with E-state index in [4.69, 9.17) is 0 Å². The Morgan fingerprint density at radius 3 is 2.46 bits per heavy atom. The lowest BCUT2D eigenvalue weighted by Gasteiger charge is -2.32. The minimum Gasteiger partial charge on any atom is -0.338 e. The van der Waals surface area contributed by atoms with Crippen molar-refractivity contribution in [3.05, 3.63) is 30.3 Å². The predicted octanol–water partition coefficient (Wildman–Crippen LogP) is 3.23. The quantitative estimate of drug-likeness (QED) is 0.693. The molecule has 1 saturated heterocycles. The zero-order valence-electron chi connectivity index (χ0n) is 14.6. The fourth-order valence-corrected chi connectivity index (χ4v) is 5.86. The Balaban J connectivity index is 2.18. The molecule has 0 aromatic heterocycles. The maximum Gasteiger partial charge on any atom is 0.236 e. The van der Waals surface area contributed by atoms with E-state index in [1.807, 2.05) is 56.0 Å². The van der Waals surface area contributed by atoms with Crippen molar-refractivity contribution in [1.29, 1.82) is 0 Å². The Morgan fingerprint density at radius 1 is 1.29 bits per heavy atom. The molecular formula is C18H27NO3S2. The van der Waals surface area contributed by atoms with Gasteiger partial charge in [-0.05, 0) is 30.9 Å². The number of thioether (sulfide) groups is 1. The summed E-state index contributed by atoms with van der Waals surface area (Å²) in [5, 5.41) is -0.192. The topological polar surface area (TPSA) is 54.5 Å². The molecule has 0 N–H and O–H groups in total. The van der Waals surface area contributed by atoms with Gasteiger partial charge in [0, 0.05) is 17.5 Å². The summed E-state index contributed by atoms with van der Waals surface area (Å²) < 4.78 is 23.6. The largest absolute Gasteiger partial charge is 0.338 e. The Morgan fingerprint density at radius 2 is 1.96 bits per heavy atom. The molecule has 1 aromatic carbocycles. The predicted molar refractivity (Wildman–Crippen MR) is 100.0 cm³/mol. The molecule has 1 heterocycles. The van der Waals surface area contributed by atoms with Crippen molar-refractivity contribution in [2.75, 3.05) is 18.1 Å². The van der Waals surface area contributed by atoms with Gasteiger partial charge in [-0.3, -0.25) is 4.79 Å².